The zero-order valence-corrected chi connectivity index (χ0v) is 18.0. The van der Waals surface area contributed by atoms with Gasteiger partial charge in [0.25, 0.3) is 5.91 Å². The van der Waals surface area contributed by atoms with Crippen LogP contribution in [0.15, 0.2) is 60.7 Å². The highest BCUT2D eigenvalue weighted by Crippen LogP contribution is 2.33. The zero-order valence-electron chi connectivity index (χ0n) is 18.0. The Balaban J connectivity index is 1.44. The van der Waals surface area contributed by atoms with Crippen LogP contribution in [0.4, 0.5) is 0 Å². The summed E-state index contributed by atoms with van der Waals surface area (Å²) >= 11 is 0. The molecule has 2 aliphatic rings. The highest BCUT2D eigenvalue weighted by molar-refractivity contribution is 5.94. The predicted molar refractivity (Wildman–Crippen MR) is 124 cm³/mol. The lowest BCUT2D eigenvalue weighted by molar-refractivity contribution is 0.0858. The Bertz CT molecular complexity index is 1030. The van der Waals surface area contributed by atoms with E-state index in [0.29, 0.717) is 12.1 Å². The number of aromatic nitrogens is 1. The molecule has 1 amide bonds. The number of amides is 1. The van der Waals surface area contributed by atoms with Gasteiger partial charge in [0.15, 0.2) is 0 Å². The number of ether oxygens (including phenoxy) is 1. The summed E-state index contributed by atoms with van der Waals surface area (Å²) in [7, 11) is 0. The minimum atomic E-state index is -0.0309. The van der Waals surface area contributed by atoms with Gasteiger partial charge in [-0.3, -0.25) is 4.79 Å². The number of fused-ring (bicyclic) bond motifs is 1. The largest absolute Gasteiger partial charge is 0.376 e. The Hall–Kier alpha value is -2.85. The maximum atomic E-state index is 12.6. The van der Waals surface area contributed by atoms with E-state index >= 15 is 0 Å². The quantitative estimate of drug-likeness (QED) is 0.574. The smallest absolute Gasteiger partial charge is 0.251 e. The standard InChI is InChI=1S/C27H30N2O2/c30-27(28-19-24-11-7-17-31-24)21-13-15-23(16-14-21)29-25-12-6-2-5-10-22(25)18-26(29)20-8-3-1-4-9-20/h1,3-4,8-9,13-16,18,24H,2,5-7,10-12,17,19H2,(H,28,30)/t24-/m1/s1. The van der Waals surface area contributed by atoms with E-state index in [-0.39, 0.29) is 12.0 Å². The van der Waals surface area contributed by atoms with Crippen LogP contribution in [0, 0.1) is 0 Å². The monoisotopic (exact) mass is 414 g/mol. The van der Waals surface area contributed by atoms with E-state index in [0.717, 1.165) is 38.0 Å². The van der Waals surface area contributed by atoms with Crippen molar-refractivity contribution >= 4 is 5.91 Å². The molecule has 0 spiro atoms. The molecule has 0 bridgehead atoms. The average molecular weight is 415 g/mol. The van der Waals surface area contributed by atoms with Gasteiger partial charge < -0.3 is 14.6 Å². The number of hydrogen-bond acceptors (Lipinski definition) is 2. The first-order valence-corrected chi connectivity index (χ1v) is 11.6. The summed E-state index contributed by atoms with van der Waals surface area (Å²) in [5.41, 5.74) is 7.18. The molecule has 0 radical (unpaired) electrons. The van der Waals surface area contributed by atoms with Gasteiger partial charge in [-0.1, -0.05) is 36.8 Å². The molecule has 2 heterocycles. The van der Waals surface area contributed by atoms with Crippen molar-refractivity contribution in [3.05, 3.63) is 77.5 Å². The zero-order chi connectivity index (χ0) is 21.0. The van der Waals surface area contributed by atoms with E-state index < -0.39 is 0 Å². The fourth-order valence-corrected chi connectivity index (χ4v) is 4.87. The summed E-state index contributed by atoms with van der Waals surface area (Å²) in [5, 5.41) is 3.02. The Morgan fingerprint density at radius 1 is 0.968 bits per heavy atom. The van der Waals surface area contributed by atoms with Crippen LogP contribution < -0.4 is 5.32 Å². The molecule has 0 saturated carbocycles. The minimum absolute atomic E-state index is 0.0309. The fraction of sp³-hybridized carbons (Fsp3) is 0.370. The van der Waals surface area contributed by atoms with Crippen molar-refractivity contribution in [1.82, 2.24) is 9.88 Å². The molecule has 1 fully saturated rings. The van der Waals surface area contributed by atoms with Crippen molar-refractivity contribution in [2.45, 2.75) is 51.0 Å². The molecule has 31 heavy (non-hydrogen) atoms. The molecule has 5 rings (SSSR count). The number of hydrogen-bond donors (Lipinski definition) is 1. The number of carbonyl (C=O) groups excluding carboxylic acids is 1. The minimum Gasteiger partial charge on any atom is -0.376 e. The SMILES string of the molecule is O=C(NC[C@H]1CCCO1)c1ccc(-n2c(-c3ccccc3)cc3c2CCCCC3)cc1. The van der Waals surface area contributed by atoms with E-state index in [4.69, 9.17) is 4.74 Å². The summed E-state index contributed by atoms with van der Waals surface area (Å²) in [6.45, 7) is 1.39. The number of aryl methyl sites for hydroxylation is 1. The van der Waals surface area contributed by atoms with E-state index in [1.807, 2.05) is 12.1 Å². The molecule has 4 nitrogen and oxygen atoms in total. The third kappa shape index (κ3) is 4.31. The van der Waals surface area contributed by atoms with Crippen LogP contribution in [0.3, 0.4) is 0 Å². The van der Waals surface area contributed by atoms with Crippen LogP contribution in [-0.2, 0) is 17.6 Å². The topological polar surface area (TPSA) is 43.3 Å². The van der Waals surface area contributed by atoms with Crippen molar-refractivity contribution in [2.75, 3.05) is 13.2 Å². The maximum absolute atomic E-state index is 12.6. The molecule has 4 heteroatoms. The van der Waals surface area contributed by atoms with Crippen molar-refractivity contribution in [3.63, 3.8) is 0 Å². The third-order valence-corrected chi connectivity index (χ3v) is 6.52. The molecule has 1 aromatic heterocycles. The molecule has 3 aromatic rings. The van der Waals surface area contributed by atoms with E-state index in [2.05, 4.69) is 58.4 Å². The summed E-state index contributed by atoms with van der Waals surface area (Å²) in [6, 6.07) is 21.0. The summed E-state index contributed by atoms with van der Waals surface area (Å²) in [4.78, 5) is 12.6. The van der Waals surface area contributed by atoms with Crippen molar-refractivity contribution in [2.24, 2.45) is 0 Å². The first-order valence-electron chi connectivity index (χ1n) is 11.6. The van der Waals surface area contributed by atoms with Crippen LogP contribution in [0.1, 0.15) is 53.7 Å². The normalized spacial score (nSPS) is 18.4. The molecule has 1 N–H and O–H groups in total. The van der Waals surface area contributed by atoms with Gasteiger partial charge in [-0.15, -0.1) is 0 Å². The average Bonchev–Trinajstić information content (AvgIpc) is 3.40. The number of rotatable bonds is 5. The molecule has 0 unspecified atom stereocenters. The van der Waals surface area contributed by atoms with Crippen LogP contribution in [0.25, 0.3) is 16.9 Å². The first-order chi connectivity index (χ1) is 15.3. The molecule has 160 valence electrons. The molecule has 1 saturated heterocycles. The first kappa shape index (κ1) is 20.1. The number of carbonyl (C=O) groups is 1. The molecule has 2 aromatic carbocycles. The Kier molecular flexibility index (Phi) is 5.90. The van der Waals surface area contributed by atoms with Crippen LogP contribution in [-0.4, -0.2) is 29.7 Å². The third-order valence-electron chi connectivity index (χ3n) is 6.52. The summed E-state index contributed by atoms with van der Waals surface area (Å²) in [6.07, 6.45) is 8.30. The second-order valence-corrected chi connectivity index (χ2v) is 8.66. The molecular formula is C27H30N2O2. The number of benzene rings is 2. The van der Waals surface area contributed by atoms with Crippen LogP contribution in [0.2, 0.25) is 0 Å². The fourth-order valence-electron chi connectivity index (χ4n) is 4.87. The van der Waals surface area contributed by atoms with Gasteiger partial charge in [0, 0.05) is 30.1 Å². The van der Waals surface area contributed by atoms with E-state index in [9.17, 15) is 4.79 Å². The Labute approximate surface area is 184 Å². The highest BCUT2D eigenvalue weighted by atomic mass is 16.5. The second kappa shape index (κ2) is 9.11. The van der Waals surface area contributed by atoms with Gasteiger partial charge in [-0.05, 0) is 80.0 Å². The van der Waals surface area contributed by atoms with Gasteiger partial charge >= 0.3 is 0 Å². The molecule has 1 atom stereocenters. The van der Waals surface area contributed by atoms with Crippen molar-refractivity contribution in [1.29, 1.82) is 0 Å². The van der Waals surface area contributed by atoms with Gasteiger partial charge in [0.1, 0.15) is 0 Å². The maximum Gasteiger partial charge on any atom is 0.251 e. The Morgan fingerprint density at radius 3 is 2.55 bits per heavy atom. The summed E-state index contributed by atoms with van der Waals surface area (Å²) < 4.78 is 8.01. The number of nitrogens with zero attached hydrogens (tertiary/aromatic N) is 1. The number of nitrogens with one attached hydrogen (secondary N) is 1. The lowest BCUT2D eigenvalue weighted by Gasteiger charge is -2.15. The molecular weight excluding hydrogens is 384 g/mol. The lowest BCUT2D eigenvalue weighted by Crippen LogP contribution is -2.31. The molecule has 1 aliphatic heterocycles. The predicted octanol–water partition coefficient (Wildman–Crippen LogP) is 5.32. The van der Waals surface area contributed by atoms with Crippen molar-refractivity contribution in [3.8, 4) is 16.9 Å². The van der Waals surface area contributed by atoms with Gasteiger partial charge in [-0.2, -0.15) is 0 Å². The molecule has 1 aliphatic carbocycles. The van der Waals surface area contributed by atoms with Gasteiger partial charge in [0.2, 0.25) is 0 Å². The van der Waals surface area contributed by atoms with Gasteiger partial charge in [0.05, 0.1) is 11.8 Å². The van der Waals surface area contributed by atoms with Crippen molar-refractivity contribution < 1.29 is 9.53 Å². The van der Waals surface area contributed by atoms with Crippen LogP contribution in [0.5, 0.6) is 0 Å². The van der Waals surface area contributed by atoms with Gasteiger partial charge in [-0.25, -0.2) is 0 Å². The summed E-state index contributed by atoms with van der Waals surface area (Å²) in [5.74, 6) is -0.0309. The lowest BCUT2D eigenvalue weighted by atomic mass is 10.1. The van der Waals surface area contributed by atoms with Crippen LogP contribution >= 0.6 is 0 Å². The highest BCUT2D eigenvalue weighted by Gasteiger charge is 2.20. The van der Waals surface area contributed by atoms with E-state index in [1.54, 1.807) is 0 Å². The van der Waals surface area contributed by atoms with E-state index in [1.165, 1.54) is 41.8 Å². The Morgan fingerprint density at radius 2 is 1.77 bits per heavy atom. The second-order valence-electron chi connectivity index (χ2n) is 8.66.